The van der Waals surface area contributed by atoms with E-state index in [9.17, 15) is 8.42 Å². The van der Waals surface area contributed by atoms with E-state index in [0.717, 1.165) is 31.9 Å². The molecule has 0 amide bonds. The minimum atomic E-state index is -3.75. The summed E-state index contributed by atoms with van der Waals surface area (Å²) in [4.78, 5) is 13.8. The van der Waals surface area contributed by atoms with Crippen LogP contribution in [0.5, 0.6) is 5.88 Å². The molecule has 1 saturated heterocycles. The van der Waals surface area contributed by atoms with Gasteiger partial charge in [-0.3, -0.25) is 0 Å². The van der Waals surface area contributed by atoms with Crippen LogP contribution < -0.4 is 19.7 Å². The Bertz CT molecular complexity index is 1430. The third kappa shape index (κ3) is 5.44. The Morgan fingerprint density at radius 3 is 2.31 bits per heavy atom. The zero-order valence-corrected chi connectivity index (χ0v) is 20.5. The molecule has 0 saturated carbocycles. The lowest BCUT2D eigenvalue weighted by Crippen LogP contribution is -2.47. The quantitative estimate of drug-likeness (QED) is 0.399. The molecule has 2 N–H and O–H groups in total. The molecule has 2 aromatic carbocycles. The summed E-state index contributed by atoms with van der Waals surface area (Å²) in [5.74, 6) is 1.12. The average molecular weight is 507 g/mol. The predicted molar refractivity (Wildman–Crippen MR) is 135 cm³/mol. The van der Waals surface area contributed by atoms with Gasteiger partial charge in [0.2, 0.25) is 21.9 Å². The van der Waals surface area contributed by atoms with Gasteiger partial charge in [0.25, 0.3) is 0 Å². The topological polar surface area (TPSA) is 132 Å². The first-order valence-corrected chi connectivity index (χ1v) is 13.0. The second-order valence-corrected chi connectivity index (χ2v) is 10.0. The lowest BCUT2D eigenvalue weighted by Gasteiger charge is -2.36. The fraction of sp³-hybridized carbons (Fsp3) is 0.250. The van der Waals surface area contributed by atoms with Crippen molar-refractivity contribution in [1.82, 2.24) is 25.0 Å². The van der Waals surface area contributed by atoms with E-state index >= 15 is 0 Å². The van der Waals surface area contributed by atoms with Gasteiger partial charge >= 0.3 is 0 Å². The maximum Gasteiger partial charge on any atom is 0.238 e. The fourth-order valence-corrected chi connectivity index (χ4v) is 4.49. The van der Waals surface area contributed by atoms with E-state index in [4.69, 9.17) is 9.88 Å². The molecule has 5 rings (SSSR count). The fourth-order valence-electron chi connectivity index (χ4n) is 3.97. The van der Waals surface area contributed by atoms with E-state index in [1.54, 1.807) is 24.4 Å². The van der Waals surface area contributed by atoms with Crippen molar-refractivity contribution < 1.29 is 13.2 Å². The summed E-state index contributed by atoms with van der Waals surface area (Å²) in [6.07, 6.45) is 1.71. The van der Waals surface area contributed by atoms with Crippen LogP contribution in [0.1, 0.15) is 11.4 Å². The lowest BCUT2D eigenvalue weighted by molar-refractivity contribution is 0.288. The van der Waals surface area contributed by atoms with Crippen LogP contribution in [0.4, 0.5) is 11.6 Å². The summed E-state index contributed by atoms with van der Waals surface area (Å²) in [6.45, 7) is 5.50. The van der Waals surface area contributed by atoms with Gasteiger partial charge < -0.3 is 14.5 Å². The molecule has 1 fully saturated rings. The van der Waals surface area contributed by atoms with Gasteiger partial charge in [-0.1, -0.05) is 23.4 Å². The molecule has 0 unspecified atom stereocenters. The van der Waals surface area contributed by atoms with Crippen LogP contribution in [-0.4, -0.2) is 59.6 Å². The van der Waals surface area contributed by atoms with Gasteiger partial charge in [-0.2, -0.15) is 4.98 Å². The number of ether oxygens (including phenoxy) is 1. The number of sulfonamides is 1. The molecule has 11 nitrogen and oxygen atoms in total. The summed E-state index contributed by atoms with van der Waals surface area (Å²) < 4.78 is 30.3. The molecule has 1 aliphatic heterocycles. The number of para-hydroxylation sites is 1. The molecular formula is C24H26N8O3S. The Labute approximate surface area is 209 Å². The number of aromatic nitrogens is 5. The van der Waals surface area contributed by atoms with Crippen LogP contribution in [0.2, 0.25) is 0 Å². The Kier molecular flexibility index (Phi) is 6.53. The summed E-state index contributed by atoms with van der Waals surface area (Å²) in [5, 5.41) is 13.4. The first-order chi connectivity index (χ1) is 17.3. The van der Waals surface area contributed by atoms with Crippen LogP contribution >= 0.6 is 0 Å². The summed E-state index contributed by atoms with van der Waals surface area (Å²) >= 11 is 0. The molecule has 0 aliphatic carbocycles. The summed E-state index contributed by atoms with van der Waals surface area (Å²) in [5.41, 5.74) is 3.29. The number of aryl methyl sites for hydroxylation is 1. The molecule has 0 spiro atoms. The molecule has 186 valence electrons. The van der Waals surface area contributed by atoms with Crippen molar-refractivity contribution in [3.63, 3.8) is 0 Å². The molecule has 0 radical (unpaired) electrons. The highest BCUT2D eigenvalue weighted by atomic mass is 32.2. The van der Waals surface area contributed by atoms with Crippen LogP contribution in [0, 0.1) is 6.92 Å². The van der Waals surface area contributed by atoms with Gasteiger partial charge in [0.15, 0.2) is 0 Å². The van der Waals surface area contributed by atoms with Crippen LogP contribution in [0.15, 0.2) is 71.8 Å². The number of nitrogens with zero attached hydrogens (tertiary/aromatic N) is 7. The maximum atomic E-state index is 11.4. The van der Waals surface area contributed by atoms with Gasteiger partial charge in [-0.05, 0) is 43.3 Å². The van der Waals surface area contributed by atoms with E-state index in [1.807, 2.05) is 13.0 Å². The normalized spacial score (nSPS) is 14.2. The van der Waals surface area contributed by atoms with Gasteiger partial charge in [0, 0.05) is 43.6 Å². The van der Waals surface area contributed by atoms with Crippen LogP contribution in [0.3, 0.4) is 0 Å². The average Bonchev–Trinajstić information content (AvgIpc) is 3.37. The van der Waals surface area contributed by atoms with Crippen molar-refractivity contribution in [3.05, 3.63) is 78.2 Å². The molecule has 2 aromatic heterocycles. The van der Waals surface area contributed by atoms with Crippen molar-refractivity contribution in [3.8, 4) is 11.6 Å². The van der Waals surface area contributed by atoms with E-state index in [1.165, 1.54) is 22.5 Å². The standard InChI is InChI=1S/C24H26N8O3S/c1-18-15-23(27-24(26-18)31-13-11-30(12-14-31)20-5-3-2-4-6-20)35-17-19-16-32(29-28-19)21-7-9-22(10-8-21)36(25,33)34/h2-10,15-16H,11-14,17H2,1H3,(H2,25,33,34). The number of hydrogen-bond acceptors (Lipinski definition) is 9. The lowest BCUT2D eigenvalue weighted by atomic mass is 10.2. The predicted octanol–water partition coefficient (Wildman–Crippen LogP) is 1.92. The Balaban J connectivity index is 1.22. The van der Waals surface area contributed by atoms with Crippen molar-refractivity contribution in [2.24, 2.45) is 5.14 Å². The maximum absolute atomic E-state index is 11.4. The second kappa shape index (κ2) is 9.91. The van der Waals surface area contributed by atoms with Crippen molar-refractivity contribution in [1.29, 1.82) is 0 Å². The van der Waals surface area contributed by atoms with Crippen molar-refractivity contribution in [2.75, 3.05) is 36.0 Å². The highest BCUT2D eigenvalue weighted by Gasteiger charge is 2.20. The minimum absolute atomic E-state index is 0.0336. The van der Waals surface area contributed by atoms with Crippen molar-refractivity contribution >= 4 is 21.7 Å². The molecule has 0 bridgehead atoms. The minimum Gasteiger partial charge on any atom is -0.471 e. The highest BCUT2D eigenvalue weighted by Crippen LogP contribution is 2.21. The molecule has 3 heterocycles. The molecule has 1 aliphatic rings. The molecule has 4 aromatic rings. The van der Waals surface area contributed by atoms with Gasteiger partial charge in [0.05, 0.1) is 16.8 Å². The SMILES string of the molecule is Cc1cc(OCc2cn(-c3ccc(S(N)(=O)=O)cc3)nn2)nc(N2CCN(c3ccccc3)CC2)n1. The number of nitrogens with two attached hydrogens (primary N) is 1. The Hall–Kier alpha value is -4.03. The zero-order chi connectivity index (χ0) is 25.1. The number of piperazine rings is 1. The van der Waals surface area contributed by atoms with Gasteiger partial charge in [-0.15, -0.1) is 5.10 Å². The number of rotatable bonds is 7. The highest BCUT2D eigenvalue weighted by molar-refractivity contribution is 7.89. The molecular weight excluding hydrogens is 480 g/mol. The van der Waals surface area contributed by atoms with Crippen molar-refractivity contribution in [2.45, 2.75) is 18.4 Å². The number of hydrogen-bond donors (Lipinski definition) is 1. The summed E-state index contributed by atoms with van der Waals surface area (Å²) in [6, 6.07) is 18.2. The Morgan fingerprint density at radius 1 is 0.917 bits per heavy atom. The molecule has 12 heteroatoms. The number of benzene rings is 2. The van der Waals surface area contributed by atoms with E-state index in [-0.39, 0.29) is 11.5 Å². The smallest absolute Gasteiger partial charge is 0.238 e. The van der Waals surface area contributed by atoms with E-state index in [2.05, 4.69) is 54.3 Å². The first kappa shape index (κ1) is 23.7. The number of anilines is 2. The first-order valence-electron chi connectivity index (χ1n) is 11.4. The Morgan fingerprint density at radius 2 is 1.61 bits per heavy atom. The monoisotopic (exact) mass is 506 g/mol. The van der Waals surface area contributed by atoms with Crippen LogP contribution in [0.25, 0.3) is 5.69 Å². The number of primary sulfonamides is 1. The largest absolute Gasteiger partial charge is 0.471 e. The van der Waals surface area contributed by atoms with Crippen LogP contribution in [-0.2, 0) is 16.6 Å². The molecule has 36 heavy (non-hydrogen) atoms. The van der Waals surface area contributed by atoms with Gasteiger partial charge in [0.1, 0.15) is 12.3 Å². The third-order valence-corrected chi connectivity index (χ3v) is 6.77. The van der Waals surface area contributed by atoms with E-state index < -0.39 is 10.0 Å². The third-order valence-electron chi connectivity index (χ3n) is 5.84. The van der Waals surface area contributed by atoms with E-state index in [0.29, 0.717) is 23.2 Å². The second-order valence-electron chi connectivity index (χ2n) is 8.44. The molecule has 0 atom stereocenters. The summed E-state index contributed by atoms with van der Waals surface area (Å²) in [7, 11) is -3.75. The zero-order valence-electron chi connectivity index (χ0n) is 19.7. The van der Waals surface area contributed by atoms with Gasteiger partial charge in [-0.25, -0.2) is 23.2 Å².